The molecule has 2 N–H and O–H groups in total. The van der Waals surface area contributed by atoms with Crippen molar-refractivity contribution in [3.8, 4) is 0 Å². The first-order valence-electron chi connectivity index (χ1n) is 13.2. The van der Waals surface area contributed by atoms with Gasteiger partial charge in [0.15, 0.2) is 0 Å². The van der Waals surface area contributed by atoms with E-state index in [2.05, 4.69) is 0 Å². The number of piperidine rings is 1. The number of amides is 1. The van der Waals surface area contributed by atoms with E-state index in [1.165, 1.54) is 36.1 Å². The van der Waals surface area contributed by atoms with Gasteiger partial charge in [-0.1, -0.05) is 39.0 Å². The maximum Gasteiger partial charge on any atom is 0.337 e. The van der Waals surface area contributed by atoms with Crippen LogP contribution in [0.3, 0.4) is 0 Å². The van der Waals surface area contributed by atoms with Crippen LogP contribution in [0.1, 0.15) is 99.4 Å². The van der Waals surface area contributed by atoms with Gasteiger partial charge in [0.1, 0.15) is 0 Å². The summed E-state index contributed by atoms with van der Waals surface area (Å²) in [5, 5.41) is 21.7. The van der Waals surface area contributed by atoms with Crippen LogP contribution in [0.2, 0.25) is 0 Å². The van der Waals surface area contributed by atoms with Gasteiger partial charge in [-0.05, 0) is 55.9 Å². The molecule has 186 valence electrons. The number of carboxylic acids is 1. The number of aromatic carboxylic acids is 1. The second kappa shape index (κ2) is 8.81. The Morgan fingerprint density at radius 2 is 1.82 bits per heavy atom. The number of aromatic nitrogens is 1. The molecule has 1 amide bonds. The zero-order valence-electron chi connectivity index (χ0n) is 20.3. The van der Waals surface area contributed by atoms with Gasteiger partial charge in [-0.25, -0.2) is 4.79 Å². The SMILES string of the molecule is CC(CC1CCC1)C(=O)N1CC[C@@](O)(Cn2cc(C(=O)O)c(C3CC3)cc2=O)C2(CCCC2)C1. The molecular formula is C27H38N2O5. The Bertz CT molecular complexity index is 1020. The molecule has 7 nitrogen and oxygen atoms in total. The molecule has 0 radical (unpaired) electrons. The molecule has 3 aliphatic carbocycles. The molecule has 1 spiro atoms. The van der Waals surface area contributed by atoms with Crippen molar-refractivity contribution in [1.82, 2.24) is 9.47 Å². The van der Waals surface area contributed by atoms with Gasteiger partial charge in [0, 0.05) is 36.7 Å². The number of carboxylic acid groups (broad SMARTS) is 1. The minimum Gasteiger partial charge on any atom is -0.478 e. The number of likely N-dealkylation sites (tertiary alicyclic amines) is 1. The Balaban J connectivity index is 1.38. The van der Waals surface area contributed by atoms with Gasteiger partial charge in [0.2, 0.25) is 5.91 Å². The summed E-state index contributed by atoms with van der Waals surface area (Å²) >= 11 is 0. The van der Waals surface area contributed by atoms with E-state index in [-0.39, 0.29) is 35.4 Å². The molecular weight excluding hydrogens is 432 g/mol. The molecule has 1 unspecified atom stereocenters. The van der Waals surface area contributed by atoms with Crippen LogP contribution in [-0.2, 0) is 11.3 Å². The van der Waals surface area contributed by atoms with E-state index >= 15 is 0 Å². The second-order valence-electron chi connectivity index (χ2n) is 11.7. The van der Waals surface area contributed by atoms with Crippen LogP contribution in [-0.4, -0.2) is 50.2 Å². The van der Waals surface area contributed by atoms with Crippen molar-refractivity contribution in [3.05, 3.63) is 33.7 Å². The van der Waals surface area contributed by atoms with Gasteiger partial charge in [0.05, 0.1) is 17.7 Å². The average molecular weight is 471 g/mol. The van der Waals surface area contributed by atoms with E-state index in [0.717, 1.165) is 44.9 Å². The normalized spacial score (nSPS) is 27.5. The molecule has 1 saturated heterocycles. The summed E-state index contributed by atoms with van der Waals surface area (Å²) in [4.78, 5) is 40.1. The zero-order valence-corrected chi connectivity index (χ0v) is 20.3. The van der Waals surface area contributed by atoms with Crippen molar-refractivity contribution in [2.75, 3.05) is 13.1 Å². The minimum atomic E-state index is -1.14. The van der Waals surface area contributed by atoms with E-state index in [4.69, 9.17) is 0 Å². The maximum absolute atomic E-state index is 13.3. The zero-order chi connectivity index (χ0) is 24.1. The topological polar surface area (TPSA) is 99.8 Å². The third kappa shape index (κ3) is 4.21. The largest absolute Gasteiger partial charge is 0.478 e. The molecule has 5 rings (SSSR count). The van der Waals surface area contributed by atoms with Gasteiger partial charge in [0.25, 0.3) is 5.56 Å². The van der Waals surface area contributed by atoms with Gasteiger partial charge in [-0.3, -0.25) is 9.59 Å². The lowest BCUT2D eigenvalue weighted by molar-refractivity contribution is -0.163. The fraction of sp³-hybridized carbons (Fsp3) is 0.741. The number of carbonyl (C=O) groups is 2. The third-order valence-electron chi connectivity index (χ3n) is 9.32. The summed E-state index contributed by atoms with van der Waals surface area (Å²) < 4.78 is 1.41. The highest BCUT2D eigenvalue weighted by Crippen LogP contribution is 2.52. The van der Waals surface area contributed by atoms with Gasteiger partial charge >= 0.3 is 5.97 Å². The molecule has 0 aromatic carbocycles. The monoisotopic (exact) mass is 470 g/mol. The van der Waals surface area contributed by atoms with Crippen LogP contribution >= 0.6 is 0 Å². The van der Waals surface area contributed by atoms with Crippen molar-refractivity contribution >= 4 is 11.9 Å². The first-order valence-corrected chi connectivity index (χ1v) is 13.2. The molecule has 1 aliphatic heterocycles. The van der Waals surface area contributed by atoms with Crippen molar-refractivity contribution in [2.45, 2.75) is 95.6 Å². The van der Waals surface area contributed by atoms with E-state index < -0.39 is 17.0 Å². The summed E-state index contributed by atoms with van der Waals surface area (Å²) in [7, 11) is 0. The van der Waals surface area contributed by atoms with Crippen LogP contribution in [0, 0.1) is 17.3 Å². The Hall–Kier alpha value is -2.15. The van der Waals surface area contributed by atoms with Crippen LogP contribution < -0.4 is 5.56 Å². The molecule has 1 aromatic heterocycles. The number of hydrogen-bond acceptors (Lipinski definition) is 4. The fourth-order valence-electron chi connectivity index (χ4n) is 6.83. The highest BCUT2D eigenvalue weighted by molar-refractivity contribution is 5.89. The molecule has 3 saturated carbocycles. The van der Waals surface area contributed by atoms with Crippen LogP contribution in [0.15, 0.2) is 17.1 Å². The Labute approximate surface area is 201 Å². The Morgan fingerprint density at radius 3 is 2.41 bits per heavy atom. The highest BCUT2D eigenvalue weighted by atomic mass is 16.4. The molecule has 1 aromatic rings. The number of aliphatic hydroxyl groups is 1. The van der Waals surface area contributed by atoms with E-state index in [1.54, 1.807) is 0 Å². The lowest BCUT2D eigenvalue weighted by Crippen LogP contribution is -2.62. The number of pyridine rings is 1. The summed E-state index contributed by atoms with van der Waals surface area (Å²) in [6.45, 7) is 3.12. The minimum absolute atomic E-state index is 0.00524. The van der Waals surface area contributed by atoms with E-state index in [0.29, 0.717) is 31.0 Å². The van der Waals surface area contributed by atoms with Crippen LogP contribution in [0.25, 0.3) is 0 Å². The highest BCUT2D eigenvalue weighted by Gasteiger charge is 2.56. The number of rotatable bonds is 7. The number of nitrogens with zero attached hydrogens (tertiary/aromatic N) is 2. The van der Waals surface area contributed by atoms with Crippen LogP contribution in [0.5, 0.6) is 0 Å². The van der Waals surface area contributed by atoms with Crippen molar-refractivity contribution in [3.63, 3.8) is 0 Å². The standard InChI is InChI=1S/C27H38N2O5/c1-18(13-19-5-4-6-19)24(31)28-12-11-27(34,26(16-28)9-2-3-10-26)17-29-15-22(25(32)33)21(14-23(29)30)20-7-8-20/h14-15,18-20,34H,2-13,16-17H2,1H3,(H,32,33)/t18?,27-/m1/s1. The first kappa shape index (κ1) is 23.6. The molecule has 4 fully saturated rings. The predicted molar refractivity (Wildman–Crippen MR) is 128 cm³/mol. The summed E-state index contributed by atoms with van der Waals surface area (Å²) in [6, 6.07) is 1.46. The summed E-state index contributed by atoms with van der Waals surface area (Å²) in [5.74, 6) is 0.00741. The average Bonchev–Trinajstić information content (AvgIpc) is 3.51. The predicted octanol–water partition coefficient (Wildman–Crippen LogP) is 3.77. The summed E-state index contributed by atoms with van der Waals surface area (Å²) in [5.41, 5.74) is -1.05. The van der Waals surface area contributed by atoms with E-state index in [1.807, 2.05) is 11.8 Å². The molecule has 0 bridgehead atoms. The third-order valence-corrected chi connectivity index (χ3v) is 9.32. The van der Waals surface area contributed by atoms with Crippen molar-refractivity contribution in [2.24, 2.45) is 17.3 Å². The Kier molecular flexibility index (Phi) is 6.11. The summed E-state index contributed by atoms with van der Waals surface area (Å²) in [6.07, 6.45) is 12.0. The fourth-order valence-corrected chi connectivity index (χ4v) is 6.83. The first-order chi connectivity index (χ1) is 16.2. The number of carbonyl (C=O) groups excluding carboxylic acids is 1. The van der Waals surface area contributed by atoms with Gasteiger partial charge < -0.3 is 19.7 Å². The van der Waals surface area contributed by atoms with Crippen molar-refractivity contribution < 1.29 is 19.8 Å². The smallest absolute Gasteiger partial charge is 0.337 e. The molecule has 2 heterocycles. The Morgan fingerprint density at radius 1 is 1.12 bits per heavy atom. The molecule has 2 atom stereocenters. The van der Waals surface area contributed by atoms with Crippen LogP contribution in [0.4, 0.5) is 0 Å². The maximum atomic E-state index is 13.3. The quantitative estimate of drug-likeness (QED) is 0.632. The second-order valence-corrected chi connectivity index (χ2v) is 11.7. The van der Waals surface area contributed by atoms with E-state index in [9.17, 15) is 24.6 Å². The van der Waals surface area contributed by atoms with Gasteiger partial charge in [-0.15, -0.1) is 0 Å². The molecule has 34 heavy (non-hydrogen) atoms. The van der Waals surface area contributed by atoms with Gasteiger partial charge in [-0.2, -0.15) is 0 Å². The number of hydrogen-bond donors (Lipinski definition) is 2. The lowest BCUT2D eigenvalue weighted by atomic mass is 9.65. The molecule has 7 heteroatoms. The lowest BCUT2D eigenvalue weighted by Gasteiger charge is -2.53. The molecule has 4 aliphatic rings. The van der Waals surface area contributed by atoms with Crippen molar-refractivity contribution in [1.29, 1.82) is 0 Å².